The lowest BCUT2D eigenvalue weighted by Gasteiger charge is -2.20. The molecule has 0 radical (unpaired) electrons. The third-order valence-electron chi connectivity index (χ3n) is 4.33. The highest BCUT2D eigenvalue weighted by atomic mass is 16.7. The molecule has 0 saturated heterocycles. The second-order valence-electron chi connectivity index (χ2n) is 7.36. The fourth-order valence-corrected chi connectivity index (χ4v) is 2.83. The number of hydrogen-bond donors (Lipinski definition) is 0. The maximum atomic E-state index is 12.3. The monoisotopic (exact) mass is 371 g/mol. The molecular formula is C20H21NO6. The number of nitro benzene ring substituents is 1. The Balaban J connectivity index is 1.77. The predicted octanol–water partition coefficient (Wildman–Crippen LogP) is 4.12. The molecule has 0 aromatic heterocycles. The molecule has 0 unspecified atom stereocenters. The van der Waals surface area contributed by atoms with Crippen molar-refractivity contribution in [1.82, 2.24) is 0 Å². The van der Waals surface area contributed by atoms with Crippen LogP contribution in [0.25, 0.3) is 0 Å². The van der Waals surface area contributed by atoms with Crippen LogP contribution in [-0.2, 0) is 28.1 Å². The van der Waals surface area contributed by atoms with Crippen LogP contribution in [0.2, 0.25) is 0 Å². The normalized spacial score (nSPS) is 13.4. The summed E-state index contributed by atoms with van der Waals surface area (Å²) in [5, 5.41) is 11.1. The number of carbonyl (C=O) groups excluding carboxylic acids is 1. The Morgan fingerprint density at radius 3 is 2.56 bits per heavy atom. The number of fused-ring (bicyclic) bond motifs is 1. The molecule has 0 saturated carbocycles. The topological polar surface area (TPSA) is 87.9 Å². The van der Waals surface area contributed by atoms with Gasteiger partial charge in [0.15, 0.2) is 6.79 Å². The number of ether oxygens (including phenoxy) is 3. The van der Waals surface area contributed by atoms with Gasteiger partial charge in [-0.1, -0.05) is 32.9 Å². The van der Waals surface area contributed by atoms with Gasteiger partial charge in [0.2, 0.25) is 0 Å². The number of carbonyl (C=O) groups is 1. The van der Waals surface area contributed by atoms with Gasteiger partial charge in [0.25, 0.3) is 5.69 Å². The van der Waals surface area contributed by atoms with E-state index in [4.69, 9.17) is 14.2 Å². The van der Waals surface area contributed by atoms with Gasteiger partial charge in [-0.25, -0.2) is 4.79 Å². The van der Waals surface area contributed by atoms with Gasteiger partial charge in [-0.2, -0.15) is 0 Å². The van der Waals surface area contributed by atoms with E-state index in [0.717, 1.165) is 5.56 Å². The van der Waals surface area contributed by atoms with Crippen LogP contribution in [0.5, 0.6) is 5.75 Å². The Labute approximate surface area is 157 Å². The summed E-state index contributed by atoms with van der Waals surface area (Å²) in [6.45, 7) is 6.43. The van der Waals surface area contributed by atoms with E-state index < -0.39 is 10.9 Å². The van der Waals surface area contributed by atoms with Gasteiger partial charge < -0.3 is 14.2 Å². The molecule has 0 amide bonds. The van der Waals surface area contributed by atoms with E-state index in [0.29, 0.717) is 22.4 Å². The Morgan fingerprint density at radius 2 is 1.93 bits per heavy atom. The summed E-state index contributed by atoms with van der Waals surface area (Å²) in [5.74, 6) is -0.0227. The van der Waals surface area contributed by atoms with E-state index in [2.05, 4.69) is 20.8 Å². The van der Waals surface area contributed by atoms with Crippen molar-refractivity contribution in [3.8, 4) is 5.75 Å². The van der Waals surface area contributed by atoms with Crippen molar-refractivity contribution in [1.29, 1.82) is 0 Å². The summed E-state index contributed by atoms with van der Waals surface area (Å²) in [6.07, 6.45) is 0. The standard InChI is InChI=1S/C20H21NO6/c1-20(2,3)16-6-4-13(5-7-16)19(22)26-11-15-9-17(21(23)24)8-14-10-25-12-27-18(14)15/h4-9H,10-12H2,1-3H3. The van der Waals surface area contributed by atoms with Crippen LogP contribution < -0.4 is 4.74 Å². The fraction of sp³-hybridized carbons (Fsp3) is 0.350. The van der Waals surface area contributed by atoms with Crippen molar-refractivity contribution < 1.29 is 23.9 Å². The Hall–Kier alpha value is -2.93. The molecule has 0 N–H and O–H groups in total. The van der Waals surface area contributed by atoms with Crippen molar-refractivity contribution in [3.63, 3.8) is 0 Å². The summed E-state index contributed by atoms with van der Waals surface area (Å²) in [4.78, 5) is 23.0. The van der Waals surface area contributed by atoms with Crippen molar-refractivity contribution >= 4 is 11.7 Å². The first-order valence-corrected chi connectivity index (χ1v) is 8.54. The SMILES string of the molecule is CC(C)(C)c1ccc(C(=O)OCc2cc([N+](=O)[O-])cc3c2OCOC3)cc1. The summed E-state index contributed by atoms with van der Waals surface area (Å²) < 4.78 is 16.0. The number of nitrogens with zero attached hydrogens (tertiary/aromatic N) is 1. The smallest absolute Gasteiger partial charge is 0.338 e. The number of rotatable bonds is 4. The van der Waals surface area contributed by atoms with Gasteiger partial charge in [-0.05, 0) is 23.1 Å². The summed E-state index contributed by atoms with van der Waals surface area (Å²) in [5.41, 5.74) is 2.44. The van der Waals surface area contributed by atoms with E-state index in [1.807, 2.05) is 12.1 Å². The second-order valence-corrected chi connectivity index (χ2v) is 7.36. The lowest BCUT2D eigenvalue weighted by atomic mass is 9.87. The molecule has 27 heavy (non-hydrogen) atoms. The van der Waals surface area contributed by atoms with Crippen molar-refractivity contribution in [2.75, 3.05) is 6.79 Å². The molecule has 2 aromatic rings. The summed E-state index contributed by atoms with van der Waals surface area (Å²) in [7, 11) is 0. The number of hydrogen-bond acceptors (Lipinski definition) is 6. The quantitative estimate of drug-likeness (QED) is 0.456. The average Bonchev–Trinajstić information content (AvgIpc) is 2.65. The molecule has 0 bridgehead atoms. The first kappa shape index (κ1) is 18.8. The maximum Gasteiger partial charge on any atom is 0.338 e. The zero-order valence-corrected chi connectivity index (χ0v) is 15.5. The molecule has 1 heterocycles. The Bertz CT molecular complexity index is 867. The van der Waals surface area contributed by atoms with Crippen molar-refractivity contribution in [2.24, 2.45) is 0 Å². The van der Waals surface area contributed by atoms with Crippen LogP contribution in [-0.4, -0.2) is 17.7 Å². The van der Waals surface area contributed by atoms with Crippen molar-refractivity contribution in [2.45, 2.75) is 39.4 Å². The largest absolute Gasteiger partial charge is 0.467 e. The highest BCUT2D eigenvalue weighted by Gasteiger charge is 2.22. The molecule has 0 aliphatic carbocycles. The number of non-ortho nitro benzene ring substituents is 1. The van der Waals surface area contributed by atoms with E-state index in [1.54, 1.807) is 12.1 Å². The zero-order chi connectivity index (χ0) is 19.6. The lowest BCUT2D eigenvalue weighted by Crippen LogP contribution is -2.15. The van der Waals surface area contributed by atoms with Gasteiger partial charge >= 0.3 is 5.97 Å². The highest BCUT2D eigenvalue weighted by molar-refractivity contribution is 5.89. The van der Waals surface area contributed by atoms with Crippen molar-refractivity contribution in [3.05, 3.63) is 68.8 Å². The van der Waals surface area contributed by atoms with E-state index in [1.165, 1.54) is 12.1 Å². The highest BCUT2D eigenvalue weighted by Crippen LogP contribution is 2.33. The molecule has 1 aliphatic heterocycles. The maximum absolute atomic E-state index is 12.3. The molecular weight excluding hydrogens is 350 g/mol. The molecule has 3 rings (SSSR count). The molecule has 2 aromatic carbocycles. The first-order chi connectivity index (χ1) is 12.8. The number of esters is 1. The summed E-state index contributed by atoms with van der Waals surface area (Å²) >= 11 is 0. The average molecular weight is 371 g/mol. The second kappa shape index (κ2) is 7.36. The minimum absolute atomic E-state index is 0.0100. The van der Waals surface area contributed by atoms with E-state index in [9.17, 15) is 14.9 Å². The van der Waals surface area contributed by atoms with E-state index in [-0.39, 0.29) is 31.1 Å². The molecule has 0 spiro atoms. The minimum Gasteiger partial charge on any atom is -0.467 e. The van der Waals surface area contributed by atoms with Crippen LogP contribution in [0, 0.1) is 10.1 Å². The molecule has 1 aliphatic rings. The van der Waals surface area contributed by atoms with Gasteiger partial charge in [0.1, 0.15) is 12.4 Å². The molecule has 142 valence electrons. The summed E-state index contributed by atoms with van der Waals surface area (Å²) in [6, 6.07) is 10.00. The van der Waals surface area contributed by atoms with Crippen LogP contribution >= 0.6 is 0 Å². The van der Waals surface area contributed by atoms with Crippen LogP contribution in [0.4, 0.5) is 5.69 Å². The molecule has 7 nitrogen and oxygen atoms in total. The van der Waals surface area contributed by atoms with Crippen LogP contribution in [0.1, 0.15) is 47.8 Å². The molecule has 7 heteroatoms. The van der Waals surface area contributed by atoms with Gasteiger partial charge in [-0.3, -0.25) is 10.1 Å². The fourth-order valence-electron chi connectivity index (χ4n) is 2.83. The van der Waals surface area contributed by atoms with Crippen LogP contribution in [0.15, 0.2) is 36.4 Å². The van der Waals surface area contributed by atoms with Gasteiger partial charge in [0, 0.05) is 23.3 Å². The Kier molecular flexibility index (Phi) is 5.14. The third kappa shape index (κ3) is 4.25. The molecule has 0 atom stereocenters. The third-order valence-corrected chi connectivity index (χ3v) is 4.33. The predicted molar refractivity (Wildman–Crippen MR) is 97.6 cm³/mol. The van der Waals surface area contributed by atoms with Gasteiger partial charge in [0.05, 0.1) is 17.1 Å². The number of nitro groups is 1. The first-order valence-electron chi connectivity index (χ1n) is 8.54. The van der Waals surface area contributed by atoms with E-state index >= 15 is 0 Å². The lowest BCUT2D eigenvalue weighted by molar-refractivity contribution is -0.385. The minimum atomic E-state index is -0.497. The number of benzene rings is 2. The zero-order valence-electron chi connectivity index (χ0n) is 15.5. The molecule has 0 fully saturated rings. The Morgan fingerprint density at radius 1 is 1.22 bits per heavy atom. The van der Waals surface area contributed by atoms with Crippen LogP contribution in [0.3, 0.4) is 0 Å². The van der Waals surface area contributed by atoms with Gasteiger partial charge in [-0.15, -0.1) is 0 Å².